The van der Waals surface area contributed by atoms with Gasteiger partial charge in [-0.3, -0.25) is 10.1 Å². The molecule has 0 bridgehead atoms. The van der Waals surface area contributed by atoms with E-state index in [9.17, 15) is 18.4 Å². The molecule has 2 aromatic carbocycles. The maximum Gasteiger partial charge on any atom is 0.414 e. The van der Waals surface area contributed by atoms with Crippen molar-refractivity contribution in [2.45, 2.75) is 18.9 Å². The molecule has 170 valence electrons. The van der Waals surface area contributed by atoms with Gasteiger partial charge in [0.2, 0.25) is 5.95 Å². The number of hydrogen-bond acceptors (Lipinski definition) is 6. The number of aromatic nitrogens is 4. The molecule has 2 aromatic heterocycles. The van der Waals surface area contributed by atoms with E-state index in [0.717, 1.165) is 38.1 Å². The zero-order chi connectivity index (χ0) is 23.1. The number of rotatable bonds is 3. The number of piperidine rings is 1. The SMILES string of the molecule is CN1CCC(OC(=O)Nc2nc3cc(-c4n[nH]c(=O)c5cc(F)c(F)cc45)ccc3[nH]2)CC1. The van der Waals surface area contributed by atoms with Crippen LogP contribution in [0.25, 0.3) is 33.1 Å². The van der Waals surface area contributed by atoms with Gasteiger partial charge in [0.1, 0.15) is 6.10 Å². The Morgan fingerprint density at radius 1 is 1.15 bits per heavy atom. The van der Waals surface area contributed by atoms with Crippen LogP contribution >= 0.6 is 0 Å². The van der Waals surface area contributed by atoms with Crippen LogP contribution < -0.4 is 10.9 Å². The summed E-state index contributed by atoms with van der Waals surface area (Å²) in [6, 6.07) is 6.87. The first-order valence-corrected chi connectivity index (χ1v) is 10.4. The summed E-state index contributed by atoms with van der Waals surface area (Å²) < 4.78 is 33.0. The highest BCUT2D eigenvalue weighted by molar-refractivity contribution is 5.96. The topological polar surface area (TPSA) is 116 Å². The minimum atomic E-state index is -1.12. The zero-order valence-corrected chi connectivity index (χ0v) is 17.6. The number of carbonyl (C=O) groups excluding carboxylic acids is 1. The molecule has 0 aliphatic carbocycles. The molecular formula is C22H20F2N6O3. The normalized spacial score (nSPS) is 15.2. The van der Waals surface area contributed by atoms with E-state index in [4.69, 9.17) is 4.74 Å². The van der Waals surface area contributed by atoms with Gasteiger partial charge in [-0.05, 0) is 44.2 Å². The van der Waals surface area contributed by atoms with Crippen LogP contribution in [0.1, 0.15) is 12.8 Å². The summed E-state index contributed by atoms with van der Waals surface area (Å²) in [5.41, 5.74) is 1.32. The lowest BCUT2D eigenvalue weighted by Gasteiger charge is -2.28. The van der Waals surface area contributed by atoms with Crippen molar-refractivity contribution in [1.29, 1.82) is 0 Å². The molecule has 5 rings (SSSR count). The summed E-state index contributed by atoms with van der Waals surface area (Å²) in [6.07, 6.45) is 0.826. The third-order valence-electron chi connectivity index (χ3n) is 5.75. The number of aromatic amines is 2. The second kappa shape index (κ2) is 8.24. The number of anilines is 1. The van der Waals surface area contributed by atoms with E-state index in [2.05, 4.69) is 30.4 Å². The van der Waals surface area contributed by atoms with Crippen molar-refractivity contribution in [3.8, 4) is 11.3 Å². The molecule has 0 radical (unpaired) electrons. The predicted octanol–water partition coefficient (Wildman–Crippen LogP) is 3.39. The minimum Gasteiger partial charge on any atom is -0.446 e. The maximum atomic E-state index is 13.9. The van der Waals surface area contributed by atoms with Crippen molar-refractivity contribution in [2.24, 2.45) is 0 Å². The van der Waals surface area contributed by atoms with Crippen LogP contribution in [0.3, 0.4) is 0 Å². The Morgan fingerprint density at radius 3 is 2.64 bits per heavy atom. The van der Waals surface area contributed by atoms with Gasteiger partial charge in [0.05, 0.1) is 22.1 Å². The smallest absolute Gasteiger partial charge is 0.414 e. The Labute approximate surface area is 185 Å². The number of halogens is 2. The highest BCUT2D eigenvalue weighted by Gasteiger charge is 2.21. The second-order valence-corrected chi connectivity index (χ2v) is 8.06. The lowest BCUT2D eigenvalue weighted by Crippen LogP contribution is -2.36. The predicted molar refractivity (Wildman–Crippen MR) is 118 cm³/mol. The van der Waals surface area contributed by atoms with Crippen molar-refractivity contribution in [3.05, 3.63) is 52.3 Å². The molecular weight excluding hydrogens is 434 g/mol. The number of hydrogen-bond donors (Lipinski definition) is 3. The average molecular weight is 454 g/mol. The number of H-pyrrole nitrogens is 2. The molecule has 33 heavy (non-hydrogen) atoms. The van der Waals surface area contributed by atoms with E-state index in [1.165, 1.54) is 0 Å². The van der Waals surface area contributed by atoms with Crippen LogP contribution in [0, 0.1) is 11.6 Å². The van der Waals surface area contributed by atoms with Crippen molar-refractivity contribution in [3.63, 3.8) is 0 Å². The quantitative estimate of drug-likeness (QED) is 0.437. The lowest BCUT2D eigenvalue weighted by molar-refractivity contribution is 0.0661. The van der Waals surface area contributed by atoms with Crippen LogP contribution in [-0.4, -0.2) is 57.4 Å². The van der Waals surface area contributed by atoms with Gasteiger partial charge in [-0.1, -0.05) is 6.07 Å². The van der Waals surface area contributed by atoms with Gasteiger partial charge in [-0.15, -0.1) is 0 Å². The number of amides is 1. The van der Waals surface area contributed by atoms with Gasteiger partial charge in [0.15, 0.2) is 11.6 Å². The van der Waals surface area contributed by atoms with E-state index in [1.807, 2.05) is 7.05 Å². The summed E-state index contributed by atoms with van der Waals surface area (Å²) in [5, 5.41) is 9.10. The number of likely N-dealkylation sites (tertiary alicyclic amines) is 1. The summed E-state index contributed by atoms with van der Waals surface area (Å²) in [5.74, 6) is -1.98. The monoisotopic (exact) mass is 454 g/mol. The average Bonchev–Trinajstić information content (AvgIpc) is 3.18. The number of fused-ring (bicyclic) bond motifs is 2. The molecule has 4 aromatic rings. The van der Waals surface area contributed by atoms with E-state index < -0.39 is 23.3 Å². The van der Waals surface area contributed by atoms with E-state index in [1.54, 1.807) is 18.2 Å². The van der Waals surface area contributed by atoms with E-state index in [-0.39, 0.29) is 28.5 Å². The number of imidazole rings is 1. The summed E-state index contributed by atoms with van der Waals surface area (Å²) in [4.78, 5) is 33.8. The van der Waals surface area contributed by atoms with Crippen LogP contribution in [-0.2, 0) is 4.74 Å². The molecule has 0 spiro atoms. The van der Waals surface area contributed by atoms with Crippen molar-refractivity contribution >= 4 is 33.8 Å². The first-order valence-electron chi connectivity index (χ1n) is 10.4. The van der Waals surface area contributed by atoms with Gasteiger partial charge < -0.3 is 14.6 Å². The molecule has 1 aliphatic heterocycles. The molecule has 11 heteroatoms. The first kappa shape index (κ1) is 21.0. The fourth-order valence-electron chi connectivity index (χ4n) is 3.97. The van der Waals surface area contributed by atoms with Gasteiger partial charge in [-0.25, -0.2) is 23.7 Å². The first-order chi connectivity index (χ1) is 15.9. The maximum absolute atomic E-state index is 13.9. The van der Waals surface area contributed by atoms with E-state index in [0.29, 0.717) is 16.6 Å². The third-order valence-corrected chi connectivity index (χ3v) is 5.75. The minimum absolute atomic E-state index is 0.0139. The van der Waals surface area contributed by atoms with E-state index >= 15 is 0 Å². The molecule has 0 saturated carbocycles. The van der Waals surface area contributed by atoms with Gasteiger partial charge >= 0.3 is 6.09 Å². The van der Waals surface area contributed by atoms with Crippen LogP contribution in [0.4, 0.5) is 19.5 Å². The molecule has 0 atom stereocenters. The van der Waals surface area contributed by atoms with Gasteiger partial charge in [0, 0.05) is 24.0 Å². The molecule has 3 heterocycles. The van der Waals surface area contributed by atoms with Crippen molar-refractivity contribution in [2.75, 3.05) is 25.5 Å². The molecule has 1 saturated heterocycles. The Kier molecular flexibility index (Phi) is 5.25. The Morgan fingerprint density at radius 2 is 1.88 bits per heavy atom. The molecule has 3 N–H and O–H groups in total. The Bertz CT molecular complexity index is 1430. The number of ether oxygens (including phenoxy) is 1. The molecule has 9 nitrogen and oxygen atoms in total. The molecule has 0 unspecified atom stereocenters. The number of carbonyl (C=O) groups is 1. The number of nitrogens with one attached hydrogen (secondary N) is 3. The van der Waals surface area contributed by atoms with Gasteiger partial charge in [-0.2, -0.15) is 5.10 Å². The van der Waals surface area contributed by atoms with Gasteiger partial charge in [0.25, 0.3) is 5.56 Å². The largest absolute Gasteiger partial charge is 0.446 e. The standard InChI is InChI=1S/C22H20F2N6O3/c1-30-6-4-12(5-7-30)33-22(32)27-21-25-17-3-2-11(8-18(17)26-21)19-13-9-15(23)16(24)10-14(13)20(31)29-28-19/h2-3,8-10,12H,4-7H2,1H3,(H,29,31)(H2,25,26,27,32). The fourth-order valence-corrected chi connectivity index (χ4v) is 3.97. The second-order valence-electron chi connectivity index (χ2n) is 8.06. The van der Waals surface area contributed by atoms with Crippen LogP contribution in [0.5, 0.6) is 0 Å². The van der Waals surface area contributed by atoms with Crippen LogP contribution in [0.15, 0.2) is 35.1 Å². The Hall–Kier alpha value is -3.86. The highest BCUT2D eigenvalue weighted by atomic mass is 19.2. The molecule has 1 amide bonds. The third kappa shape index (κ3) is 4.14. The summed E-state index contributed by atoms with van der Waals surface area (Å²) >= 11 is 0. The number of benzene rings is 2. The summed E-state index contributed by atoms with van der Waals surface area (Å²) in [7, 11) is 2.03. The highest BCUT2D eigenvalue weighted by Crippen LogP contribution is 2.28. The van der Waals surface area contributed by atoms with Crippen molar-refractivity contribution in [1.82, 2.24) is 25.1 Å². The summed E-state index contributed by atoms with van der Waals surface area (Å²) in [6.45, 7) is 1.74. The lowest BCUT2D eigenvalue weighted by atomic mass is 10.0. The van der Waals surface area contributed by atoms with Crippen LogP contribution in [0.2, 0.25) is 0 Å². The number of nitrogens with zero attached hydrogens (tertiary/aromatic N) is 3. The fraction of sp³-hybridized carbons (Fsp3) is 0.273. The molecule has 1 aliphatic rings. The molecule has 1 fully saturated rings. The zero-order valence-electron chi connectivity index (χ0n) is 17.6. The van der Waals surface area contributed by atoms with Crippen molar-refractivity contribution < 1.29 is 18.3 Å². The Balaban J connectivity index is 1.41.